The van der Waals surface area contributed by atoms with Crippen LogP contribution in [0.3, 0.4) is 0 Å². The van der Waals surface area contributed by atoms with Gasteiger partial charge in [0.1, 0.15) is 23.2 Å². The summed E-state index contributed by atoms with van der Waals surface area (Å²) in [6.45, 7) is 7.57. The van der Waals surface area contributed by atoms with Crippen molar-refractivity contribution in [1.82, 2.24) is 19.4 Å². The van der Waals surface area contributed by atoms with Crippen LogP contribution < -0.4 is 0 Å². The molecule has 0 radical (unpaired) electrons. The van der Waals surface area contributed by atoms with Crippen molar-refractivity contribution in [3.63, 3.8) is 0 Å². The van der Waals surface area contributed by atoms with Gasteiger partial charge in [-0.05, 0) is 25.5 Å². The highest BCUT2D eigenvalue weighted by Crippen LogP contribution is 2.21. The number of imidazole rings is 1. The molecule has 114 valence electrons. The molecule has 22 heavy (non-hydrogen) atoms. The van der Waals surface area contributed by atoms with Crippen molar-refractivity contribution in [3.05, 3.63) is 52.1 Å². The average molecular weight is 299 g/mol. The van der Waals surface area contributed by atoms with Gasteiger partial charge in [0, 0.05) is 6.20 Å². The van der Waals surface area contributed by atoms with Crippen LogP contribution in [-0.4, -0.2) is 24.3 Å². The fraction of sp³-hybridized carbons (Fsp3) is 0.267. The molecule has 0 unspecified atom stereocenters. The Balaban J connectivity index is 0.000000847. The van der Waals surface area contributed by atoms with Crippen LogP contribution in [0.2, 0.25) is 0 Å². The Morgan fingerprint density at radius 2 is 1.86 bits per heavy atom. The number of aryl methyl sites for hydroxylation is 2. The van der Waals surface area contributed by atoms with Crippen molar-refractivity contribution < 1.29 is 4.92 Å². The number of nitro groups is 1. The molecule has 7 heteroatoms. The van der Waals surface area contributed by atoms with Crippen molar-refractivity contribution >= 4 is 11.3 Å². The summed E-state index contributed by atoms with van der Waals surface area (Å²) in [6.07, 6.45) is 4.82. The van der Waals surface area contributed by atoms with Gasteiger partial charge < -0.3 is 0 Å². The summed E-state index contributed by atoms with van der Waals surface area (Å²) in [4.78, 5) is 22.8. The molecule has 0 atom stereocenters. The molecule has 0 aliphatic heterocycles. The van der Waals surface area contributed by atoms with Crippen LogP contribution in [0, 0.1) is 24.0 Å². The molecule has 3 heterocycles. The normalized spacial score (nSPS) is 10.2. The lowest BCUT2D eigenvalue weighted by Crippen LogP contribution is -2.00. The third kappa shape index (κ3) is 2.78. The summed E-state index contributed by atoms with van der Waals surface area (Å²) < 4.78 is 1.87. The van der Waals surface area contributed by atoms with Crippen LogP contribution in [0.25, 0.3) is 17.2 Å². The van der Waals surface area contributed by atoms with Crippen molar-refractivity contribution in [2.45, 2.75) is 27.7 Å². The molecule has 0 N–H and O–H groups in total. The van der Waals surface area contributed by atoms with E-state index in [1.165, 1.54) is 6.20 Å². The van der Waals surface area contributed by atoms with Crippen LogP contribution in [0.5, 0.6) is 0 Å². The molecular weight excluding hydrogens is 282 g/mol. The van der Waals surface area contributed by atoms with E-state index in [0.29, 0.717) is 17.2 Å². The molecule has 0 saturated heterocycles. The van der Waals surface area contributed by atoms with E-state index in [4.69, 9.17) is 0 Å². The minimum Gasteiger partial charge on any atom is -0.297 e. The Morgan fingerprint density at radius 1 is 1.14 bits per heavy atom. The fourth-order valence-electron chi connectivity index (χ4n) is 2.02. The van der Waals surface area contributed by atoms with E-state index in [1.54, 1.807) is 13.1 Å². The monoisotopic (exact) mass is 299 g/mol. The molecule has 0 saturated carbocycles. The second kappa shape index (κ2) is 6.30. The quantitative estimate of drug-likeness (QED) is 0.535. The minimum absolute atomic E-state index is 0.0845. The van der Waals surface area contributed by atoms with E-state index in [9.17, 15) is 10.1 Å². The van der Waals surface area contributed by atoms with Gasteiger partial charge in [-0.3, -0.25) is 14.5 Å². The number of hydrogen-bond donors (Lipinski definition) is 0. The zero-order valence-corrected chi connectivity index (χ0v) is 12.9. The van der Waals surface area contributed by atoms with Crippen molar-refractivity contribution in [1.29, 1.82) is 0 Å². The molecule has 0 spiro atoms. The summed E-state index contributed by atoms with van der Waals surface area (Å²) >= 11 is 0. The first kappa shape index (κ1) is 15.6. The maximum Gasteiger partial charge on any atom is 0.308 e. The zero-order chi connectivity index (χ0) is 16.3. The SMILES string of the molecule is CC.Cc1ccc2ncc(-c3ncc([N+](=O)[O-])c(C)n3)n2c1. The standard InChI is InChI=1S/C13H11N5O2.C2H6/c1-8-3-4-12-14-6-11(17(12)7-8)13-15-5-10(18(19)20)9(2)16-13;1-2/h3-7H,1-2H3;1-2H3. The number of fused-ring (bicyclic) bond motifs is 1. The Hall–Kier alpha value is -2.83. The first-order chi connectivity index (χ1) is 10.6. The smallest absolute Gasteiger partial charge is 0.297 e. The molecule has 0 fully saturated rings. The van der Waals surface area contributed by atoms with Gasteiger partial charge in [-0.15, -0.1) is 0 Å². The van der Waals surface area contributed by atoms with Crippen molar-refractivity contribution in [3.8, 4) is 11.5 Å². The maximum absolute atomic E-state index is 10.8. The summed E-state index contributed by atoms with van der Waals surface area (Å²) in [5.74, 6) is 0.422. The largest absolute Gasteiger partial charge is 0.308 e. The molecule has 0 amide bonds. The lowest BCUT2D eigenvalue weighted by atomic mass is 10.3. The average Bonchev–Trinajstić information content (AvgIpc) is 2.91. The Kier molecular flexibility index (Phi) is 4.45. The minimum atomic E-state index is -0.488. The van der Waals surface area contributed by atoms with Gasteiger partial charge in [0.05, 0.1) is 11.1 Å². The summed E-state index contributed by atoms with van der Waals surface area (Å²) in [6, 6.07) is 3.87. The molecule has 0 aliphatic carbocycles. The van der Waals surface area contributed by atoms with Gasteiger partial charge in [0.15, 0.2) is 5.82 Å². The first-order valence-electron chi connectivity index (χ1n) is 6.98. The van der Waals surface area contributed by atoms with Crippen LogP contribution in [-0.2, 0) is 0 Å². The number of aromatic nitrogens is 4. The molecule has 3 aromatic heterocycles. The highest BCUT2D eigenvalue weighted by Gasteiger charge is 2.16. The van der Waals surface area contributed by atoms with Crippen LogP contribution in [0.1, 0.15) is 25.1 Å². The predicted molar refractivity (Wildman–Crippen MR) is 83.7 cm³/mol. The predicted octanol–water partition coefficient (Wildman–Crippen LogP) is 3.34. The molecule has 3 rings (SSSR count). The van der Waals surface area contributed by atoms with E-state index in [0.717, 1.165) is 11.2 Å². The Bertz CT molecular complexity index is 826. The van der Waals surface area contributed by atoms with Gasteiger partial charge in [-0.1, -0.05) is 19.9 Å². The molecule has 0 bridgehead atoms. The third-order valence-electron chi connectivity index (χ3n) is 3.03. The van der Waals surface area contributed by atoms with Crippen molar-refractivity contribution in [2.24, 2.45) is 0 Å². The van der Waals surface area contributed by atoms with Gasteiger partial charge in [0.2, 0.25) is 0 Å². The third-order valence-corrected chi connectivity index (χ3v) is 3.03. The van der Waals surface area contributed by atoms with Gasteiger partial charge in [-0.2, -0.15) is 0 Å². The van der Waals surface area contributed by atoms with E-state index >= 15 is 0 Å². The van der Waals surface area contributed by atoms with Crippen LogP contribution >= 0.6 is 0 Å². The zero-order valence-electron chi connectivity index (χ0n) is 12.9. The number of rotatable bonds is 2. The maximum atomic E-state index is 10.8. The van der Waals surface area contributed by atoms with Crippen LogP contribution in [0.15, 0.2) is 30.7 Å². The molecule has 0 aromatic carbocycles. The lowest BCUT2D eigenvalue weighted by Gasteiger charge is -2.03. The Labute approximate surface area is 127 Å². The number of pyridine rings is 1. The molecule has 3 aromatic rings. The topological polar surface area (TPSA) is 86.2 Å². The number of nitrogens with zero attached hydrogens (tertiary/aromatic N) is 5. The highest BCUT2D eigenvalue weighted by atomic mass is 16.6. The second-order valence-corrected chi connectivity index (χ2v) is 4.50. The summed E-state index contributed by atoms with van der Waals surface area (Å²) in [7, 11) is 0. The molecular formula is C15H17N5O2. The van der Waals surface area contributed by atoms with E-state index < -0.39 is 4.92 Å². The molecule has 0 aliphatic rings. The van der Waals surface area contributed by atoms with Gasteiger partial charge in [0.25, 0.3) is 0 Å². The Morgan fingerprint density at radius 3 is 2.50 bits per heavy atom. The van der Waals surface area contributed by atoms with Gasteiger partial charge in [-0.25, -0.2) is 15.0 Å². The second-order valence-electron chi connectivity index (χ2n) is 4.50. The van der Waals surface area contributed by atoms with Crippen molar-refractivity contribution in [2.75, 3.05) is 0 Å². The van der Waals surface area contributed by atoms with E-state index in [-0.39, 0.29) is 5.69 Å². The van der Waals surface area contributed by atoms with E-state index in [1.807, 2.05) is 43.5 Å². The fourth-order valence-corrected chi connectivity index (χ4v) is 2.02. The van der Waals surface area contributed by atoms with Gasteiger partial charge >= 0.3 is 5.69 Å². The lowest BCUT2D eigenvalue weighted by molar-refractivity contribution is -0.386. The van der Waals surface area contributed by atoms with Crippen LogP contribution in [0.4, 0.5) is 5.69 Å². The first-order valence-corrected chi connectivity index (χ1v) is 6.98. The molecule has 7 nitrogen and oxygen atoms in total. The number of hydrogen-bond acceptors (Lipinski definition) is 5. The summed E-state index contributed by atoms with van der Waals surface area (Å²) in [5.41, 5.74) is 2.82. The summed E-state index contributed by atoms with van der Waals surface area (Å²) in [5, 5.41) is 10.8. The highest BCUT2D eigenvalue weighted by molar-refractivity contribution is 5.58. The van der Waals surface area contributed by atoms with E-state index in [2.05, 4.69) is 15.0 Å².